The van der Waals surface area contributed by atoms with Gasteiger partial charge in [0.25, 0.3) is 0 Å². The molecule has 7 heteroatoms. The van der Waals surface area contributed by atoms with E-state index >= 15 is 0 Å². The van der Waals surface area contributed by atoms with Gasteiger partial charge < -0.3 is 9.88 Å². The van der Waals surface area contributed by atoms with Gasteiger partial charge in [0.1, 0.15) is 5.78 Å². The van der Waals surface area contributed by atoms with Crippen LogP contribution in [0.3, 0.4) is 0 Å². The average Bonchev–Trinajstić information content (AvgIpc) is 2.96. The highest BCUT2D eigenvalue weighted by Gasteiger charge is 2.71. The molecule has 2 bridgehead atoms. The van der Waals surface area contributed by atoms with Crippen LogP contribution in [0.15, 0.2) is 18.5 Å². The number of aromatic nitrogens is 2. The zero-order chi connectivity index (χ0) is 21.0. The number of Topliss-reactive ketones (excluding diaryl/α,β-unsaturated/α-hetero) is 1. The van der Waals surface area contributed by atoms with Gasteiger partial charge in [-0.2, -0.15) is 0 Å². The Labute approximate surface area is 173 Å². The summed E-state index contributed by atoms with van der Waals surface area (Å²) in [4.78, 5) is 28.7. The van der Waals surface area contributed by atoms with Gasteiger partial charge in [0.15, 0.2) is 11.6 Å². The van der Waals surface area contributed by atoms with Crippen molar-refractivity contribution in [3.8, 4) is 0 Å². The van der Waals surface area contributed by atoms with Crippen LogP contribution in [-0.4, -0.2) is 26.8 Å². The van der Waals surface area contributed by atoms with Crippen LogP contribution < -0.4 is 5.32 Å². The second-order valence-corrected chi connectivity index (χ2v) is 10.4. The van der Waals surface area contributed by atoms with Crippen molar-refractivity contribution in [2.45, 2.75) is 57.5 Å². The zero-order valence-corrected chi connectivity index (χ0v) is 17.1. The van der Waals surface area contributed by atoms with Crippen LogP contribution in [0, 0.1) is 40.7 Å². The summed E-state index contributed by atoms with van der Waals surface area (Å²) in [5.74, 6) is -0.00747. The summed E-state index contributed by atoms with van der Waals surface area (Å²) >= 11 is 0. The number of carbonyl (C=O) groups is 2. The number of hydrogen-bond donors (Lipinski definition) is 1. The van der Waals surface area contributed by atoms with Gasteiger partial charge in [-0.3, -0.25) is 9.59 Å². The fraction of sp³-hybridized carbons (Fsp3) is 0.609. The molecule has 3 unspecified atom stereocenters. The summed E-state index contributed by atoms with van der Waals surface area (Å²) in [6, 6.07) is 2.59. The normalized spacial score (nSPS) is 39.1. The molecule has 1 heterocycles. The number of ketones is 1. The van der Waals surface area contributed by atoms with Crippen LogP contribution in [0.25, 0.3) is 11.0 Å². The maximum absolute atomic E-state index is 13.7. The predicted molar refractivity (Wildman–Crippen MR) is 105 cm³/mol. The maximum Gasteiger partial charge on any atom is 0.223 e. The molecule has 5 nitrogen and oxygen atoms in total. The monoisotopic (exact) mass is 413 g/mol. The van der Waals surface area contributed by atoms with Crippen molar-refractivity contribution < 1.29 is 18.4 Å². The zero-order valence-electron chi connectivity index (χ0n) is 17.1. The Morgan fingerprint density at radius 1 is 1.17 bits per heavy atom. The number of rotatable bonds is 5. The molecule has 5 atom stereocenters. The fourth-order valence-corrected chi connectivity index (χ4v) is 6.99. The minimum atomic E-state index is -0.875. The number of halogens is 2. The Morgan fingerprint density at radius 2 is 1.80 bits per heavy atom. The van der Waals surface area contributed by atoms with Crippen molar-refractivity contribution in [3.05, 3.63) is 30.1 Å². The lowest BCUT2D eigenvalue weighted by Crippen LogP contribution is -2.77. The van der Waals surface area contributed by atoms with Crippen LogP contribution in [-0.2, 0) is 9.59 Å². The highest BCUT2D eigenvalue weighted by Crippen LogP contribution is 2.68. The Balaban J connectivity index is 1.09. The molecule has 2 aromatic rings. The van der Waals surface area contributed by atoms with Crippen molar-refractivity contribution in [2.24, 2.45) is 29.1 Å². The SMILES string of the molecule is CC(=O)C12CC(NC(=O)C(C)C3[C@H]4CC(n5cnc6cc(F)c(F)cc65)C[C@@H]34)(C1)C2. The summed E-state index contributed by atoms with van der Waals surface area (Å²) in [5.41, 5.74) is 0.834. The van der Waals surface area contributed by atoms with E-state index in [4.69, 9.17) is 0 Å². The Bertz CT molecular complexity index is 1080. The lowest BCUT2D eigenvalue weighted by Gasteiger charge is -2.69. The van der Waals surface area contributed by atoms with Crippen LogP contribution >= 0.6 is 0 Å². The summed E-state index contributed by atoms with van der Waals surface area (Å²) in [7, 11) is 0. The summed E-state index contributed by atoms with van der Waals surface area (Å²) in [6.45, 7) is 3.67. The number of hydrogen-bond acceptors (Lipinski definition) is 3. The lowest BCUT2D eigenvalue weighted by atomic mass is 9.38. The standard InChI is InChI=1S/C23H25F2N3O2/c1-11(21(30)27-23-7-22(8-23,9-23)12(2)29)20-14-3-13(4-15(14)20)28-10-26-18-5-16(24)17(25)6-19(18)28/h5-6,10-11,13-15,20H,3-4,7-9H2,1-2H3,(H,27,30)/t11?,13?,14-,15+,20?,22?,23?. The van der Waals surface area contributed by atoms with E-state index in [9.17, 15) is 18.4 Å². The van der Waals surface area contributed by atoms with Gasteiger partial charge in [-0.15, -0.1) is 0 Å². The molecule has 5 saturated carbocycles. The topological polar surface area (TPSA) is 64.0 Å². The number of nitrogens with one attached hydrogen (secondary N) is 1. The quantitative estimate of drug-likeness (QED) is 0.812. The molecule has 30 heavy (non-hydrogen) atoms. The van der Waals surface area contributed by atoms with Crippen LogP contribution in [0.1, 0.15) is 52.0 Å². The molecule has 158 valence electrons. The molecule has 1 amide bonds. The van der Waals surface area contributed by atoms with Crippen LogP contribution in [0.2, 0.25) is 0 Å². The van der Waals surface area contributed by atoms with E-state index in [-0.39, 0.29) is 34.6 Å². The first-order chi connectivity index (χ1) is 14.2. The van der Waals surface area contributed by atoms with E-state index < -0.39 is 11.6 Å². The van der Waals surface area contributed by atoms with Gasteiger partial charge in [-0.1, -0.05) is 6.92 Å². The minimum Gasteiger partial charge on any atom is -0.350 e. The molecule has 0 spiro atoms. The number of imidazole rings is 1. The van der Waals surface area contributed by atoms with Gasteiger partial charge in [0, 0.05) is 35.0 Å². The van der Waals surface area contributed by atoms with Crippen LogP contribution in [0.5, 0.6) is 0 Å². The molecular formula is C23H25F2N3O2. The third kappa shape index (κ3) is 2.35. The molecule has 1 aromatic carbocycles. The second-order valence-electron chi connectivity index (χ2n) is 10.4. The third-order valence-corrected chi connectivity index (χ3v) is 8.65. The van der Waals surface area contributed by atoms with E-state index in [1.54, 1.807) is 13.3 Å². The Morgan fingerprint density at radius 3 is 2.43 bits per heavy atom. The molecule has 1 N–H and O–H groups in total. The summed E-state index contributed by atoms with van der Waals surface area (Å²) in [6.07, 6.45) is 5.97. The molecule has 0 saturated heterocycles. The molecule has 0 radical (unpaired) electrons. The van der Waals surface area contributed by atoms with E-state index in [2.05, 4.69) is 10.3 Å². The van der Waals surface area contributed by atoms with E-state index in [1.165, 1.54) is 6.07 Å². The van der Waals surface area contributed by atoms with Gasteiger partial charge in [-0.05, 0) is 56.8 Å². The molecular weight excluding hydrogens is 388 g/mol. The third-order valence-electron chi connectivity index (χ3n) is 8.65. The number of nitrogens with zero attached hydrogens (tertiary/aromatic N) is 2. The number of fused-ring (bicyclic) bond motifs is 2. The largest absolute Gasteiger partial charge is 0.350 e. The first-order valence-corrected chi connectivity index (χ1v) is 10.9. The van der Waals surface area contributed by atoms with Gasteiger partial charge in [-0.25, -0.2) is 13.8 Å². The van der Waals surface area contributed by atoms with E-state index in [1.807, 2.05) is 11.5 Å². The number of carbonyl (C=O) groups excluding carboxylic acids is 2. The molecule has 5 aliphatic rings. The fourth-order valence-electron chi connectivity index (χ4n) is 6.99. The smallest absolute Gasteiger partial charge is 0.223 e. The van der Waals surface area contributed by atoms with Crippen molar-refractivity contribution in [1.82, 2.24) is 14.9 Å². The Hall–Kier alpha value is -2.31. The van der Waals surface area contributed by atoms with Crippen molar-refractivity contribution in [1.29, 1.82) is 0 Å². The molecule has 5 fully saturated rings. The number of benzene rings is 1. The molecule has 0 aliphatic heterocycles. The highest BCUT2D eigenvalue weighted by atomic mass is 19.2. The van der Waals surface area contributed by atoms with Gasteiger partial charge in [0.05, 0.1) is 17.4 Å². The predicted octanol–water partition coefficient (Wildman–Crippen LogP) is 3.78. The second kappa shape index (κ2) is 5.68. The highest BCUT2D eigenvalue weighted by molar-refractivity contribution is 5.89. The molecule has 1 aromatic heterocycles. The van der Waals surface area contributed by atoms with Crippen molar-refractivity contribution in [3.63, 3.8) is 0 Å². The van der Waals surface area contributed by atoms with E-state index in [0.717, 1.165) is 38.2 Å². The maximum atomic E-state index is 13.7. The summed E-state index contributed by atoms with van der Waals surface area (Å²) < 4.78 is 29.1. The van der Waals surface area contributed by atoms with Gasteiger partial charge in [0.2, 0.25) is 5.91 Å². The molecule has 7 rings (SSSR count). The van der Waals surface area contributed by atoms with Crippen molar-refractivity contribution in [2.75, 3.05) is 0 Å². The van der Waals surface area contributed by atoms with Crippen molar-refractivity contribution >= 4 is 22.7 Å². The summed E-state index contributed by atoms with van der Waals surface area (Å²) in [5, 5.41) is 3.24. The van der Waals surface area contributed by atoms with Gasteiger partial charge >= 0.3 is 0 Å². The number of amides is 1. The average molecular weight is 413 g/mol. The van der Waals surface area contributed by atoms with E-state index in [0.29, 0.717) is 28.8 Å². The molecule has 5 aliphatic carbocycles. The lowest BCUT2D eigenvalue weighted by molar-refractivity contribution is -0.180. The first-order valence-electron chi connectivity index (χ1n) is 10.9. The minimum absolute atomic E-state index is 0.0330. The first kappa shape index (κ1) is 18.5. The van der Waals surface area contributed by atoms with Crippen LogP contribution in [0.4, 0.5) is 8.78 Å². The Kier molecular flexibility index (Phi) is 3.49.